The lowest BCUT2D eigenvalue weighted by molar-refractivity contribution is 0.454. The van der Waals surface area contributed by atoms with Gasteiger partial charge in [-0.25, -0.2) is 4.98 Å². The number of hydrogen-bond acceptors (Lipinski definition) is 3. The van der Waals surface area contributed by atoms with Crippen molar-refractivity contribution in [3.8, 4) is 12.3 Å². The van der Waals surface area contributed by atoms with Gasteiger partial charge in [0.25, 0.3) is 0 Å². The van der Waals surface area contributed by atoms with E-state index in [1.165, 1.54) is 0 Å². The highest BCUT2D eigenvalue weighted by molar-refractivity contribution is 5.09. The SMILES string of the molecule is C#CC(CCC)NC(CN)c1cncn1CC. The molecule has 0 fully saturated rings. The summed E-state index contributed by atoms with van der Waals surface area (Å²) in [4.78, 5) is 4.16. The topological polar surface area (TPSA) is 55.9 Å². The van der Waals surface area contributed by atoms with Crippen LogP contribution in [0.1, 0.15) is 38.4 Å². The average Bonchev–Trinajstić information content (AvgIpc) is 2.82. The van der Waals surface area contributed by atoms with Crippen LogP contribution in [0.5, 0.6) is 0 Å². The van der Waals surface area contributed by atoms with Crippen LogP contribution < -0.4 is 11.1 Å². The molecule has 0 amide bonds. The van der Waals surface area contributed by atoms with Crippen LogP contribution in [0.4, 0.5) is 0 Å². The summed E-state index contributed by atoms with van der Waals surface area (Å²) in [5.41, 5.74) is 6.92. The molecule has 1 aromatic heterocycles. The predicted octanol–water partition coefficient (Wildman–Crippen LogP) is 1.29. The molecule has 94 valence electrons. The Bertz CT molecular complexity index is 364. The van der Waals surface area contributed by atoms with Crippen LogP contribution in [0.15, 0.2) is 12.5 Å². The van der Waals surface area contributed by atoms with Gasteiger partial charge in [-0.3, -0.25) is 5.32 Å². The summed E-state index contributed by atoms with van der Waals surface area (Å²) in [5.74, 6) is 2.77. The molecule has 0 saturated carbocycles. The number of nitrogens with zero attached hydrogens (tertiary/aromatic N) is 2. The second kappa shape index (κ2) is 7.10. The fraction of sp³-hybridized carbons (Fsp3) is 0.615. The van der Waals surface area contributed by atoms with E-state index in [9.17, 15) is 0 Å². The molecule has 1 rings (SSSR count). The minimum Gasteiger partial charge on any atom is -0.333 e. The molecule has 17 heavy (non-hydrogen) atoms. The van der Waals surface area contributed by atoms with Gasteiger partial charge in [0, 0.05) is 19.3 Å². The zero-order chi connectivity index (χ0) is 12.7. The van der Waals surface area contributed by atoms with E-state index in [-0.39, 0.29) is 12.1 Å². The van der Waals surface area contributed by atoms with Crippen LogP contribution >= 0.6 is 0 Å². The second-order valence-electron chi connectivity index (χ2n) is 4.07. The van der Waals surface area contributed by atoms with Crippen LogP contribution in [0.2, 0.25) is 0 Å². The van der Waals surface area contributed by atoms with Crippen molar-refractivity contribution in [2.75, 3.05) is 6.54 Å². The number of aromatic nitrogens is 2. The molecule has 3 N–H and O–H groups in total. The molecule has 2 unspecified atom stereocenters. The van der Waals surface area contributed by atoms with Crippen LogP contribution in [0.3, 0.4) is 0 Å². The fourth-order valence-electron chi connectivity index (χ4n) is 1.91. The molecule has 0 spiro atoms. The maximum absolute atomic E-state index is 5.81. The number of imidazole rings is 1. The molecule has 0 bridgehead atoms. The Balaban J connectivity index is 2.75. The molecule has 1 aromatic rings. The minimum atomic E-state index is 0.0741. The molecule has 2 atom stereocenters. The van der Waals surface area contributed by atoms with Gasteiger partial charge in [0.15, 0.2) is 0 Å². The van der Waals surface area contributed by atoms with Gasteiger partial charge in [-0.2, -0.15) is 0 Å². The molecule has 0 aliphatic carbocycles. The molecule has 4 nitrogen and oxygen atoms in total. The molecule has 0 radical (unpaired) electrons. The molecule has 0 saturated heterocycles. The van der Waals surface area contributed by atoms with E-state index in [0.29, 0.717) is 6.54 Å². The number of rotatable bonds is 7. The molecular formula is C13H22N4. The van der Waals surface area contributed by atoms with Crippen molar-refractivity contribution in [2.45, 2.75) is 45.3 Å². The first-order valence-electron chi connectivity index (χ1n) is 6.19. The fourth-order valence-corrected chi connectivity index (χ4v) is 1.91. The first-order chi connectivity index (χ1) is 8.26. The van der Waals surface area contributed by atoms with Gasteiger partial charge in [0.2, 0.25) is 0 Å². The van der Waals surface area contributed by atoms with Crippen LogP contribution in [-0.4, -0.2) is 22.1 Å². The van der Waals surface area contributed by atoms with Crippen molar-refractivity contribution in [1.82, 2.24) is 14.9 Å². The van der Waals surface area contributed by atoms with Crippen molar-refractivity contribution in [3.63, 3.8) is 0 Å². The Labute approximate surface area is 104 Å². The van der Waals surface area contributed by atoms with Crippen molar-refractivity contribution in [1.29, 1.82) is 0 Å². The summed E-state index contributed by atoms with van der Waals surface area (Å²) >= 11 is 0. The highest BCUT2D eigenvalue weighted by Crippen LogP contribution is 2.13. The molecule has 4 heteroatoms. The summed E-state index contributed by atoms with van der Waals surface area (Å²) < 4.78 is 2.09. The number of nitrogens with one attached hydrogen (secondary N) is 1. The van der Waals surface area contributed by atoms with Crippen LogP contribution in [-0.2, 0) is 6.54 Å². The van der Waals surface area contributed by atoms with Crippen molar-refractivity contribution in [3.05, 3.63) is 18.2 Å². The molecule has 0 aromatic carbocycles. The predicted molar refractivity (Wildman–Crippen MR) is 70.4 cm³/mol. The Morgan fingerprint density at radius 1 is 1.59 bits per heavy atom. The van der Waals surface area contributed by atoms with E-state index in [1.54, 1.807) is 0 Å². The Morgan fingerprint density at radius 2 is 2.35 bits per heavy atom. The van der Waals surface area contributed by atoms with Gasteiger partial charge in [0.1, 0.15) is 0 Å². The summed E-state index contributed by atoms with van der Waals surface area (Å²) in [7, 11) is 0. The molecule has 1 heterocycles. The second-order valence-corrected chi connectivity index (χ2v) is 4.07. The van der Waals surface area contributed by atoms with E-state index >= 15 is 0 Å². The summed E-state index contributed by atoms with van der Waals surface area (Å²) in [6.45, 7) is 5.62. The summed E-state index contributed by atoms with van der Waals surface area (Å²) in [6, 6.07) is 0.152. The van der Waals surface area contributed by atoms with Gasteiger partial charge in [-0.05, 0) is 13.3 Å². The maximum atomic E-state index is 5.81. The zero-order valence-corrected chi connectivity index (χ0v) is 10.7. The lowest BCUT2D eigenvalue weighted by Crippen LogP contribution is -2.37. The van der Waals surface area contributed by atoms with Crippen molar-refractivity contribution >= 4 is 0 Å². The number of nitrogens with two attached hydrogens (primary N) is 1. The van der Waals surface area contributed by atoms with Gasteiger partial charge in [-0.15, -0.1) is 6.42 Å². The molecule has 0 aliphatic rings. The Hall–Kier alpha value is -1.31. The van der Waals surface area contributed by atoms with Crippen molar-refractivity contribution in [2.24, 2.45) is 5.73 Å². The van der Waals surface area contributed by atoms with Gasteiger partial charge < -0.3 is 10.3 Å². The maximum Gasteiger partial charge on any atom is 0.0948 e. The van der Waals surface area contributed by atoms with Gasteiger partial charge in [-0.1, -0.05) is 19.3 Å². The number of aryl methyl sites for hydroxylation is 1. The minimum absolute atomic E-state index is 0.0741. The standard InChI is InChI=1S/C13H22N4/c1-4-7-11(5-2)16-12(8-14)13-9-15-10-17(13)6-3/h2,9-12,16H,4,6-8,14H2,1,3H3. The van der Waals surface area contributed by atoms with Crippen molar-refractivity contribution < 1.29 is 0 Å². The normalized spacial score (nSPS) is 14.2. The monoisotopic (exact) mass is 234 g/mol. The largest absolute Gasteiger partial charge is 0.333 e. The third-order valence-corrected chi connectivity index (χ3v) is 2.86. The number of terminal acetylenes is 1. The zero-order valence-electron chi connectivity index (χ0n) is 10.7. The lowest BCUT2D eigenvalue weighted by Gasteiger charge is -2.22. The quantitative estimate of drug-likeness (QED) is 0.699. The Morgan fingerprint density at radius 3 is 2.88 bits per heavy atom. The van der Waals surface area contributed by atoms with E-state index < -0.39 is 0 Å². The highest BCUT2D eigenvalue weighted by atomic mass is 15.1. The summed E-state index contributed by atoms with van der Waals surface area (Å²) in [5, 5.41) is 3.41. The third-order valence-electron chi connectivity index (χ3n) is 2.86. The van der Waals surface area contributed by atoms with Gasteiger partial charge >= 0.3 is 0 Å². The van der Waals surface area contributed by atoms with Crippen LogP contribution in [0, 0.1) is 12.3 Å². The number of hydrogen-bond donors (Lipinski definition) is 2. The molecular weight excluding hydrogens is 212 g/mol. The van der Waals surface area contributed by atoms with Crippen LogP contribution in [0.25, 0.3) is 0 Å². The Kier molecular flexibility index (Phi) is 5.75. The first-order valence-corrected chi connectivity index (χ1v) is 6.19. The third kappa shape index (κ3) is 3.58. The lowest BCUT2D eigenvalue weighted by atomic mass is 10.1. The average molecular weight is 234 g/mol. The van der Waals surface area contributed by atoms with Gasteiger partial charge in [0.05, 0.1) is 24.1 Å². The molecule has 0 aliphatic heterocycles. The summed E-state index contributed by atoms with van der Waals surface area (Å²) in [6.07, 6.45) is 11.2. The van der Waals surface area contributed by atoms with E-state index in [0.717, 1.165) is 25.1 Å². The van der Waals surface area contributed by atoms with E-state index in [2.05, 4.69) is 34.6 Å². The highest BCUT2D eigenvalue weighted by Gasteiger charge is 2.16. The van der Waals surface area contributed by atoms with E-state index in [1.807, 2.05) is 12.5 Å². The smallest absolute Gasteiger partial charge is 0.0948 e. The van der Waals surface area contributed by atoms with E-state index in [4.69, 9.17) is 12.2 Å². The first kappa shape index (κ1) is 13.8.